The van der Waals surface area contributed by atoms with Crippen LogP contribution in [-0.4, -0.2) is 19.1 Å². The van der Waals surface area contributed by atoms with E-state index < -0.39 is 6.10 Å². The van der Waals surface area contributed by atoms with Gasteiger partial charge in [0.1, 0.15) is 11.5 Å². The first-order chi connectivity index (χ1) is 14.8. The third kappa shape index (κ3) is 5.19. The maximum absolute atomic E-state index is 13.0. The van der Waals surface area contributed by atoms with Gasteiger partial charge in [0.15, 0.2) is 6.10 Å². The number of benzene rings is 3. The molecule has 0 radical (unpaired) electrons. The molecule has 0 aliphatic rings. The zero-order valence-corrected chi connectivity index (χ0v) is 19.4. The molecule has 0 aliphatic heterocycles. The van der Waals surface area contributed by atoms with Crippen molar-refractivity contribution in [3.05, 3.63) is 71.3 Å². The molecule has 1 amide bonds. The Morgan fingerprint density at radius 3 is 2.32 bits per heavy atom. The molecule has 164 valence electrons. The van der Waals surface area contributed by atoms with Crippen molar-refractivity contribution in [2.75, 3.05) is 7.11 Å². The number of amides is 1. The topological polar surface area (TPSA) is 47.6 Å². The highest BCUT2D eigenvalue weighted by Gasteiger charge is 2.22. The fraction of sp³-hybridized carbons (Fsp3) is 0.370. The Morgan fingerprint density at radius 1 is 0.968 bits per heavy atom. The Morgan fingerprint density at radius 2 is 1.68 bits per heavy atom. The minimum absolute atomic E-state index is 0.107. The molecule has 2 unspecified atom stereocenters. The highest BCUT2D eigenvalue weighted by atomic mass is 16.5. The Bertz CT molecular complexity index is 1060. The van der Waals surface area contributed by atoms with E-state index in [-0.39, 0.29) is 11.9 Å². The molecule has 4 heteroatoms. The van der Waals surface area contributed by atoms with Crippen LogP contribution in [0.25, 0.3) is 10.8 Å². The highest BCUT2D eigenvalue weighted by Crippen LogP contribution is 2.32. The van der Waals surface area contributed by atoms with Crippen LogP contribution in [0.15, 0.2) is 54.6 Å². The molecule has 3 aromatic carbocycles. The van der Waals surface area contributed by atoms with Crippen LogP contribution in [0.1, 0.15) is 62.8 Å². The average molecular weight is 420 g/mol. The zero-order chi connectivity index (χ0) is 22.5. The van der Waals surface area contributed by atoms with E-state index in [9.17, 15) is 4.79 Å². The molecule has 0 spiro atoms. The molecule has 0 bridgehead atoms. The summed E-state index contributed by atoms with van der Waals surface area (Å²) in [4.78, 5) is 13.0. The summed E-state index contributed by atoms with van der Waals surface area (Å²) in [7, 11) is 1.70. The minimum atomic E-state index is -0.549. The molecule has 1 N–H and O–H groups in total. The first-order valence-electron chi connectivity index (χ1n) is 11.0. The molecule has 0 heterocycles. The number of rotatable bonds is 8. The van der Waals surface area contributed by atoms with Gasteiger partial charge in [0, 0.05) is 0 Å². The monoisotopic (exact) mass is 419 g/mol. The Labute approximate surface area is 185 Å². The fourth-order valence-electron chi connectivity index (χ4n) is 3.92. The molecule has 0 aliphatic carbocycles. The average Bonchev–Trinajstić information content (AvgIpc) is 2.76. The normalized spacial score (nSPS) is 13.1. The standard InChI is InChI=1S/C27H33NO3/c1-7-25(31-22-13-12-20-10-8-9-11-21(20)15-22)27(29)28-19(5)24-16-23(17(2)3)26(30-6)14-18(24)4/h8-17,19,25H,7H2,1-6H3,(H,28,29). The van der Waals surface area contributed by atoms with Crippen molar-refractivity contribution >= 4 is 16.7 Å². The van der Waals surface area contributed by atoms with Crippen molar-refractivity contribution in [1.29, 1.82) is 0 Å². The number of carbonyl (C=O) groups is 1. The summed E-state index contributed by atoms with van der Waals surface area (Å²) in [5.41, 5.74) is 3.33. The molecular formula is C27H33NO3. The van der Waals surface area contributed by atoms with Crippen LogP contribution in [0.2, 0.25) is 0 Å². The number of hydrogen-bond donors (Lipinski definition) is 1. The van der Waals surface area contributed by atoms with Crippen molar-refractivity contribution < 1.29 is 14.3 Å². The number of fused-ring (bicyclic) bond motifs is 1. The molecule has 0 saturated carbocycles. The molecule has 4 nitrogen and oxygen atoms in total. The number of carbonyl (C=O) groups excluding carboxylic acids is 1. The van der Waals surface area contributed by atoms with Crippen molar-refractivity contribution in [3.8, 4) is 11.5 Å². The SMILES string of the molecule is CCC(Oc1ccc2ccccc2c1)C(=O)NC(C)c1cc(C(C)C)c(OC)cc1C. The molecule has 0 fully saturated rings. The number of nitrogens with one attached hydrogen (secondary N) is 1. The van der Waals surface area contributed by atoms with Gasteiger partial charge in [-0.1, -0.05) is 51.1 Å². The van der Waals surface area contributed by atoms with Gasteiger partial charge in [-0.3, -0.25) is 4.79 Å². The third-order valence-electron chi connectivity index (χ3n) is 5.73. The third-order valence-corrected chi connectivity index (χ3v) is 5.73. The second-order valence-electron chi connectivity index (χ2n) is 8.36. The Hall–Kier alpha value is -3.01. The van der Waals surface area contributed by atoms with Gasteiger partial charge in [0.25, 0.3) is 5.91 Å². The Balaban J connectivity index is 1.76. The zero-order valence-electron chi connectivity index (χ0n) is 19.4. The van der Waals surface area contributed by atoms with Crippen LogP contribution < -0.4 is 14.8 Å². The number of hydrogen-bond acceptors (Lipinski definition) is 3. The lowest BCUT2D eigenvalue weighted by Gasteiger charge is -2.23. The maximum Gasteiger partial charge on any atom is 0.261 e. The van der Waals surface area contributed by atoms with Crippen molar-refractivity contribution in [1.82, 2.24) is 5.32 Å². The van der Waals surface area contributed by atoms with Crippen molar-refractivity contribution in [2.24, 2.45) is 0 Å². The van der Waals surface area contributed by atoms with Gasteiger partial charge in [-0.2, -0.15) is 0 Å². The molecule has 3 aromatic rings. The van der Waals surface area contributed by atoms with Crippen LogP contribution in [0.5, 0.6) is 11.5 Å². The highest BCUT2D eigenvalue weighted by molar-refractivity contribution is 5.84. The maximum atomic E-state index is 13.0. The fourth-order valence-corrected chi connectivity index (χ4v) is 3.92. The van der Waals surface area contributed by atoms with Gasteiger partial charge >= 0.3 is 0 Å². The van der Waals surface area contributed by atoms with Gasteiger partial charge < -0.3 is 14.8 Å². The summed E-state index contributed by atoms with van der Waals surface area (Å²) in [5, 5.41) is 5.39. The van der Waals surface area contributed by atoms with Gasteiger partial charge in [-0.25, -0.2) is 0 Å². The molecule has 31 heavy (non-hydrogen) atoms. The first-order valence-corrected chi connectivity index (χ1v) is 11.0. The van der Waals surface area contributed by atoms with Gasteiger partial charge in [0.05, 0.1) is 13.2 Å². The lowest BCUT2D eigenvalue weighted by molar-refractivity contribution is -0.128. The summed E-state index contributed by atoms with van der Waals surface area (Å²) in [6, 6.07) is 18.1. The van der Waals surface area contributed by atoms with E-state index in [4.69, 9.17) is 9.47 Å². The number of ether oxygens (including phenoxy) is 2. The van der Waals surface area contributed by atoms with E-state index in [2.05, 4.69) is 37.4 Å². The van der Waals surface area contributed by atoms with Crippen molar-refractivity contribution in [2.45, 2.75) is 59.1 Å². The van der Waals surface area contributed by atoms with Crippen LogP contribution >= 0.6 is 0 Å². The largest absolute Gasteiger partial charge is 0.496 e. The number of aryl methyl sites for hydroxylation is 1. The van der Waals surface area contributed by atoms with Crippen molar-refractivity contribution in [3.63, 3.8) is 0 Å². The molecule has 3 rings (SSSR count). The minimum Gasteiger partial charge on any atom is -0.496 e. The van der Waals surface area contributed by atoms with Gasteiger partial charge in [-0.15, -0.1) is 0 Å². The smallest absolute Gasteiger partial charge is 0.261 e. The van der Waals surface area contributed by atoms with E-state index in [1.807, 2.05) is 57.2 Å². The van der Waals surface area contributed by atoms with E-state index in [1.165, 1.54) is 0 Å². The van der Waals surface area contributed by atoms with E-state index in [0.29, 0.717) is 18.1 Å². The van der Waals surface area contributed by atoms with Crippen LogP contribution in [0.4, 0.5) is 0 Å². The first kappa shape index (κ1) is 22.7. The lowest BCUT2D eigenvalue weighted by Crippen LogP contribution is -2.39. The van der Waals surface area contributed by atoms with Gasteiger partial charge in [0.2, 0.25) is 0 Å². The Kier molecular flexibility index (Phi) is 7.21. The summed E-state index contributed by atoms with van der Waals surface area (Å²) in [5.74, 6) is 1.82. The molecule has 0 saturated heterocycles. The summed E-state index contributed by atoms with van der Waals surface area (Å²) >= 11 is 0. The van der Waals surface area contributed by atoms with Crippen LogP contribution in [0, 0.1) is 6.92 Å². The summed E-state index contributed by atoms with van der Waals surface area (Å²) in [6.07, 6.45) is 0.0382. The summed E-state index contributed by atoms with van der Waals surface area (Å²) < 4.78 is 11.6. The lowest BCUT2D eigenvalue weighted by atomic mass is 9.93. The predicted molar refractivity (Wildman–Crippen MR) is 127 cm³/mol. The predicted octanol–water partition coefficient (Wildman–Crippen LogP) is 6.32. The van der Waals surface area contributed by atoms with Crippen LogP contribution in [-0.2, 0) is 4.79 Å². The second-order valence-corrected chi connectivity index (χ2v) is 8.36. The summed E-state index contributed by atoms with van der Waals surface area (Å²) in [6.45, 7) is 10.3. The second kappa shape index (κ2) is 9.86. The van der Waals surface area contributed by atoms with E-state index in [0.717, 1.165) is 33.2 Å². The molecule has 0 aromatic heterocycles. The quantitative estimate of drug-likeness (QED) is 0.465. The van der Waals surface area contributed by atoms with Crippen LogP contribution in [0.3, 0.4) is 0 Å². The number of methoxy groups -OCH3 is 1. The molecule has 2 atom stereocenters. The van der Waals surface area contributed by atoms with Gasteiger partial charge in [-0.05, 0) is 77.9 Å². The van der Waals surface area contributed by atoms with E-state index in [1.54, 1.807) is 7.11 Å². The molecular weight excluding hydrogens is 386 g/mol. The van der Waals surface area contributed by atoms with E-state index >= 15 is 0 Å².